The molecule has 0 atom stereocenters. The Balaban J connectivity index is 2.12. The van der Waals surface area contributed by atoms with Gasteiger partial charge < -0.3 is 15.8 Å². The third kappa shape index (κ3) is 3.73. The maximum atomic E-state index is 8.86. The molecular weight excluding hydrogens is 238 g/mol. The highest BCUT2D eigenvalue weighted by Crippen LogP contribution is 2.21. The number of benzene rings is 2. The van der Waals surface area contributed by atoms with E-state index in [1.807, 2.05) is 36.4 Å². The maximum absolute atomic E-state index is 8.86. The molecule has 0 spiro atoms. The van der Waals surface area contributed by atoms with Gasteiger partial charge in [0, 0.05) is 24.0 Å². The van der Waals surface area contributed by atoms with Gasteiger partial charge in [-0.05, 0) is 30.3 Å². The molecule has 4 heteroatoms. The molecule has 2 aromatic carbocycles. The van der Waals surface area contributed by atoms with Gasteiger partial charge >= 0.3 is 0 Å². The number of nitrogens with two attached hydrogens (primary N) is 1. The smallest absolute Gasteiger partial charge is 0.121 e. The highest BCUT2D eigenvalue weighted by atomic mass is 16.5. The fourth-order valence-corrected chi connectivity index (χ4v) is 1.67. The predicted octanol–water partition coefficient (Wildman–Crippen LogP) is 2.64. The van der Waals surface area contributed by atoms with Crippen LogP contribution < -0.4 is 15.8 Å². The molecule has 0 unspecified atom stereocenters. The molecule has 0 aliphatic carbocycles. The number of hydrogen-bond acceptors (Lipinski definition) is 4. The van der Waals surface area contributed by atoms with Gasteiger partial charge in [0.1, 0.15) is 12.4 Å². The number of anilines is 2. The monoisotopic (exact) mass is 253 g/mol. The van der Waals surface area contributed by atoms with Crippen molar-refractivity contribution in [2.24, 2.45) is 5.73 Å². The molecule has 0 amide bonds. The van der Waals surface area contributed by atoms with E-state index in [0.29, 0.717) is 18.7 Å². The summed E-state index contributed by atoms with van der Waals surface area (Å²) in [5.41, 5.74) is 7.80. The van der Waals surface area contributed by atoms with Gasteiger partial charge in [-0.2, -0.15) is 5.26 Å². The van der Waals surface area contributed by atoms with E-state index in [1.54, 1.807) is 12.1 Å². The first-order chi connectivity index (χ1) is 9.31. The summed E-state index contributed by atoms with van der Waals surface area (Å²) in [6.07, 6.45) is 0. The van der Waals surface area contributed by atoms with Gasteiger partial charge in [0.2, 0.25) is 0 Å². The molecule has 0 saturated carbocycles. The molecule has 4 nitrogen and oxygen atoms in total. The van der Waals surface area contributed by atoms with Crippen LogP contribution in [0.1, 0.15) is 5.56 Å². The predicted molar refractivity (Wildman–Crippen MR) is 75.4 cm³/mol. The van der Waals surface area contributed by atoms with Crippen molar-refractivity contribution in [3.63, 3.8) is 0 Å². The van der Waals surface area contributed by atoms with Crippen molar-refractivity contribution in [1.29, 1.82) is 5.26 Å². The first kappa shape index (κ1) is 12.9. The molecule has 0 heterocycles. The Kier molecular flexibility index (Phi) is 4.38. The lowest BCUT2D eigenvalue weighted by Gasteiger charge is -2.09. The van der Waals surface area contributed by atoms with E-state index in [9.17, 15) is 0 Å². The molecule has 19 heavy (non-hydrogen) atoms. The summed E-state index contributed by atoms with van der Waals surface area (Å²) in [5, 5.41) is 12.1. The van der Waals surface area contributed by atoms with Crippen molar-refractivity contribution in [2.45, 2.75) is 0 Å². The van der Waals surface area contributed by atoms with Crippen LogP contribution in [0.5, 0.6) is 5.75 Å². The van der Waals surface area contributed by atoms with E-state index in [1.165, 1.54) is 0 Å². The van der Waals surface area contributed by atoms with Crippen LogP contribution >= 0.6 is 0 Å². The summed E-state index contributed by atoms with van der Waals surface area (Å²) in [6, 6.07) is 17.1. The van der Waals surface area contributed by atoms with Crippen molar-refractivity contribution in [2.75, 3.05) is 18.5 Å². The molecule has 3 N–H and O–H groups in total. The van der Waals surface area contributed by atoms with E-state index in [-0.39, 0.29) is 0 Å². The summed E-state index contributed by atoms with van der Waals surface area (Å²) >= 11 is 0. The molecular formula is C15H15N3O. The van der Waals surface area contributed by atoms with Crippen LogP contribution in [-0.2, 0) is 0 Å². The lowest BCUT2D eigenvalue weighted by molar-refractivity contribution is 0.328. The maximum Gasteiger partial charge on any atom is 0.121 e. The zero-order chi connectivity index (χ0) is 13.5. The molecule has 2 aromatic rings. The Bertz CT molecular complexity index is 590. The second-order valence-electron chi connectivity index (χ2n) is 3.98. The zero-order valence-corrected chi connectivity index (χ0v) is 10.5. The molecule has 0 aliphatic rings. The van der Waals surface area contributed by atoms with Crippen molar-refractivity contribution >= 4 is 11.4 Å². The van der Waals surface area contributed by atoms with Gasteiger partial charge in [0.05, 0.1) is 11.6 Å². The molecule has 0 aromatic heterocycles. The van der Waals surface area contributed by atoms with Crippen LogP contribution in [-0.4, -0.2) is 13.2 Å². The second-order valence-corrected chi connectivity index (χ2v) is 3.98. The first-order valence-corrected chi connectivity index (χ1v) is 6.02. The molecule has 0 radical (unpaired) electrons. The van der Waals surface area contributed by atoms with Crippen molar-refractivity contribution < 1.29 is 4.74 Å². The summed E-state index contributed by atoms with van der Waals surface area (Å²) in [5.74, 6) is 0.770. The average Bonchev–Trinajstić information content (AvgIpc) is 2.46. The number of ether oxygens (including phenoxy) is 1. The van der Waals surface area contributed by atoms with Crippen LogP contribution in [0.4, 0.5) is 11.4 Å². The van der Waals surface area contributed by atoms with E-state index in [0.717, 1.165) is 17.1 Å². The molecule has 2 rings (SSSR count). The summed E-state index contributed by atoms with van der Waals surface area (Å²) < 4.78 is 5.46. The number of hydrogen-bond donors (Lipinski definition) is 2. The minimum Gasteiger partial charge on any atom is -0.492 e. The molecule has 0 fully saturated rings. The van der Waals surface area contributed by atoms with E-state index >= 15 is 0 Å². The van der Waals surface area contributed by atoms with Gasteiger partial charge in [0.25, 0.3) is 0 Å². The van der Waals surface area contributed by atoms with Crippen molar-refractivity contribution in [3.8, 4) is 11.8 Å². The number of nitrogens with one attached hydrogen (secondary N) is 1. The van der Waals surface area contributed by atoms with Crippen LogP contribution in [0, 0.1) is 11.3 Å². The lowest BCUT2D eigenvalue weighted by atomic mass is 10.2. The highest BCUT2D eigenvalue weighted by molar-refractivity contribution is 5.62. The summed E-state index contributed by atoms with van der Waals surface area (Å²) in [7, 11) is 0. The minimum atomic E-state index is 0.488. The van der Waals surface area contributed by atoms with Crippen LogP contribution in [0.25, 0.3) is 0 Å². The first-order valence-electron chi connectivity index (χ1n) is 6.02. The summed E-state index contributed by atoms with van der Waals surface area (Å²) in [4.78, 5) is 0. The SMILES string of the molecule is N#Cc1cccc(Nc2cccc(OCCN)c2)c1. The van der Waals surface area contributed by atoms with Crippen LogP contribution in [0.3, 0.4) is 0 Å². The van der Waals surface area contributed by atoms with Crippen molar-refractivity contribution in [1.82, 2.24) is 0 Å². The second kappa shape index (κ2) is 6.43. The fraction of sp³-hybridized carbons (Fsp3) is 0.133. The van der Waals surface area contributed by atoms with Gasteiger partial charge in [-0.25, -0.2) is 0 Å². The van der Waals surface area contributed by atoms with Crippen LogP contribution in [0.2, 0.25) is 0 Å². The number of rotatable bonds is 5. The van der Waals surface area contributed by atoms with E-state index < -0.39 is 0 Å². The Morgan fingerprint density at radius 3 is 2.58 bits per heavy atom. The van der Waals surface area contributed by atoms with Crippen LogP contribution in [0.15, 0.2) is 48.5 Å². The standard InChI is InChI=1S/C15H15N3O/c16-7-8-19-15-6-2-5-14(10-15)18-13-4-1-3-12(9-13)11-17/h1-6,9-10,18H,7-8,16H2. The Morgan fingerprint density at radius 1 is 1.11 bits per heavy atom. The Hall–Kier alpha value is -2.51. The average molecular weight is 253 g/mol. The zero-order valence-electron chi connectivity index (χ0n) is 10.5. The van der Waals surface area contributed by atoms with Gasteiger partial charge in [-0.1, -0.05) is 12.1 Å². The molecule has 0 bridgehead atoms. The van der Waals surface area contributed by atoms with Gasteiger partial charge in [-0.15, -0.1) is 0 Å². The Labute approximate surface area is 112 Å². The fourth-order valence-electron chi connectivity index (χ4n) is 1.67. The summed E-state index contributed by atoms with van der Waals surface area (Å²) in [6.45, 7) is 0.981. The van der Waals surface area contributed by atoms with Gasteiger partial charge in [0.15, 0.2) is 0 Å². The molecule has 0 saturated heterocycles. The highest BCUT2D eigenvalue weighted by Gasteiger charge is 1.99. The molecule has 96 valence electrons. The lowest BCUT2D eigenvalue weighted by Crippen LogP contribution is -2.10. The Morgan fingerprint density at radius 2 is 1.84 bits per heavy atom. The quantitative estimate of drug-likeness (QED) is 0.859. The largest absolute Gasteiger partial charge is 0.492 e. The van der Waals surface area contributed by atoms with E-state index in [2.05, 4.69) is 11.4 Å². The van der Waals surface area contributed by atoms with Crippen molar-refractivity contribution in [3.05, 3.63) is 54.1 Å². The third-order valence-corrected chi connectivity index (χ3v) is 2.50. The normalized spacial score (nSPS) is 9.68. The topological polar surface area (TPSA) is 71.1 Å². The van der Waals surface area contributed by atoms with Gasteiger partial charge in [-0.3, -0.25) is 0 Å². The third-order valence-electron chi connectivity index (χ3n) is 2.50. The number of nitriles is 1. The minimum absolute atomic E-state index is 0.488. The molecule has 0 aliphatic heterocycles. The van der Waals surface area contributed by atoms with E-state index in [4.69, 9.17) is 15.7 Å². The number of nitrogens with zero attached hydrogens (tertiary/aromatic N) is 1.